The van der Waals surface area contributed by atoms with Crippen molar-refractivity contribution in [1.29, 1.82) is 0 Å². The highest BCUT2D eigenvalue weighted by Crippen LogP contribution is 2.22. The third kappa shape index (κ3) is 2.67. The number of hydrogen-bond donors (Lipinski definition) is 2. The standard InChI is InChI=1S/C13H13FN4O2/c14-8-1-2-9(15-6-8)5-12(19)16-13-10-7-20-4-3-11(10)17-18-13/h1-2,6H,3-5,7H2,(H2,16,17,18,19). The summed E-state index contributed by atoms with van der Waals surface area (Å²) in [5.74, 6) is -0.177. The summed E-state index contributed by atoms with van der Waals surface area (Å²) < 4.78 is 18.1. The minimum atomic E-state index is -0.423. The first kappa shape index (κ1) is 12.7. The molecule has 0 spiro atoms. The molecule has 0 radical (unpaired) electrons. The Hall–Kier alpha value is -2.28. The molecule has 1 aliphatic heterocycles. The summed E-state index contributed by atoms with van der Waals surface area (Å²) >= 11 is 0. The number of rotatable bonds is 3. The van der Waals surface area contributed by atoms with E-state index in [0.717, 1.165) is 23.9 Å². The van der Waals surface area contributed by atoms with Crippen molar-refractivity contribution in [3.63, 3.8) is 0 Å². The highest BCUT2D eigenvalue weighted by molar-refractivity contribution is 5.91. The molecule has 1 aliphatic rings. The predicted octanol–water partition coefficient (Wildman–Crippen LogP) is 1.20. The SMILES string of the molecule is O=C(Cc1ccc(F)cn1)Nc1n[nH]c2c1COCC2. The first-order chi connectivity index (χ1) is 9.72. The van der Waals surface area contributed by atoms with Crippen LogP contribution in [-0.4, -0.2) is 27.7 Å². The largest absolute Gasteiger partial charge is 0.376 e. The van der Waals surface area contributed by atoms with Gasteiger partial charge in [0.2, 0.25) is 5.91 Å². The molecular weight excluding hydrogens is 263 g/mol. The number of anilines is 1. The molecule has 3 heterocycles. The van der Waals surface area contributed by atoms with E-state index >= 15 is 0 Å². The van der Waals surface area contributed by atoms with Gasteiger partial charge in [-0.3, -0.25) is 14.9 Å². The molecule has 7 heteroatoms. The van der Waals surface area contributed by atoms with Crippen molar-refractivity contribution in [1.82, 2.24) is 15.2 Å². The van der Waals surface area contributed by atoms with Crippen molar-refractivity contribution in [3.8, 4) is 0 Å². The van der Waals surface area contributed by atoms with Gasteiger partial charge in [0, 0.05) is 23.4 Å². The highest BCUT2D eigenvalue weighted by atomic mass is 19.1. The number of ether oxygens (including phenoxy) is 1. The Morgan fingerprint density at radius 1 is 1.50 bits per heavy atom. The van der Waals surface area contributed by atoms with Crippen LogP contribution in [0.4, 0.5) is 10.2 Å². The van der Waals surface area contributed by atoms with Crippen LogP contribution in [0, 0.1) is 5.82 Å². The molecule has 0 aromatic carbocycles. The monoisotopic (exact) mass is 276 g/mol. The fourth-order valence-corrected chi connectivity index (χ4v) is 2.07. The van der Waals surface area contributed by atoms with E-state index in [-0.39, 0.29) is 12.3 Å². The number of amides is 1. The van der Waals surface area contributed by atoms with Gasteiger partial charge < -0.3 is 10.1 Å². The van der Waals surface area contributed by atoms with Crippen LogP contribution in [0.2, 0.25) is 0 Å². The van der Waals surface area contributed by atoms with Gasteiger partial charge in [0.15, 0.2) is 5.82 Å². The maximum absolute atomic E-state index is 12.7. The van der Waals surface area contributed by atoms with E-state index in [0.29, 0.717) is 24.7 Å². The van der Waals surface area contributed by atoms with E-state index in [9.17, 15) is 9.18 Å². The molecule has 0 aliphatic carbocycles. The average molecular weight is 276 g/mol. The minimum Gasteiger partial charge on any atom is -0.376 e. The number of aromatic nitrogens is 3. The zero-order valence-corrected chi connectivity index (χ0v) is 10.6. The van der Waals surface area contributed by atoms with Crippen molar-refractivity contribution in [2.45, 2.75) is 19.4 Å². The number of fused-ring (bicyclic) bond motifs is 1. The molecule has 2 aromatic heterocycles. The second kappa shape index (κ2) is 5.38. The maximum atomic E-state index is 12.7. The minimum absolute atomic E-state index is 0.0722. The lowest BCUT2D eigenvalue weighted by Crippen LogP contribution is -2.17. The number of halogens is 1. The number of nitrogens with one attached hydrogen (secondary N) is 2. The van der Waals surface area contributed by atoms with E-state index in [4.69, 9.17) is 4.74 Å². The van der Waals surface area contributed by atoms with Crippen LogP contribution in [0.5, 0.6) is 0 Å². The lowest BCUT2D eigenvalue weighted by Gasteiger charge is -2.12. The van der Waals surface area contributed by atoms with Crippen LogP contribution < -0.4 is 5.32 Å². The van der Waals surface area contributed by atoms with Gasteiger partial charge in [-0.25, -0.2) is 4.39 Å². The van der Waals surface area contributed by atoms with E-state index in [1.165, 1.54) is 12.1 Å². The Labute approximate surface area is 114 Å². The molecule has 104 valence electrons. The number of carbonyl (C=O) groups is 1. The molecule has 0 saturated heterocycles. The molecule has 2 N–H and O–H groups in total. The molecule has 6 nitrogen and oxygen atoms in total. The fourth-order valence-electron chi connectivity index (χ4n) is 2.07. The Balaban J connectivity index is 1.67. The summed E-state index contributed by atoms with van der Waals surface area (Å²) in [6.45, 7) is 1.10. The van der Waals surface area contributed by atoms with Gasteiger partial charge in [0.05, 0.1) is 25.8 Å². The third-order valence-corrected chi connectivity index (χ3v) is 3.08. The predicted molar refractivity (Wildman–Crippen MR) is 68.5 cm³/mol. The van der Waals surface area contributed by atoms with E-state index in [2.05, 4.69) is 20.5 Å². The van der Waals surface area contributed by atoms with Crippen molar-refractivity contribution in [2.24, 2.45) is 0 Å². The summed E-state index contributed by atoms with van der Waals surface area (Å²) in [6.07, 6.45) is 1.92. The molecule has 0 fully saturated rings. The van der Waals surface area contributed by atoms with Crippen molar-refractivity contribution in [3.05, 3.63) is 41.1 Å². The number of hydrogen-bond acceptors (Lipinski definition) is 4. The maximum Gasteiger partial charge on any atom is 0.231 e. The zero-order chi connectivity index (χ0) is 13.9. The van der Waals surface area contributed by atoms with Gasteiger partial charge in [0.1, 0.15) is 5.82 Å². The third-order valence-electron chi connectivity index (χ3n) is 3.08. The Bertz CT molecular complexity index is 624. The molecule has 0 bridgehead atoms. The van der Waals surface area contributed by atoms with Crippen LogP contribution in [0.3, 0.4) is 0 Å². The fraction of sp³-hybridized carbons (Fsp3) is 0.308. The zero-order valence-electron chi connectivity index (χ0n) is 10.6. The molecule has 20 heavy (non-hydrogen) atoms. The molecule has 1 amide bonds. The van der Waals surface area contributed by atoms with E-state index in [1.807, 2.05) is 0 Å². The summed E-state index contributed by atoms with van der Waals surface area (Å²) in [7, 11) is 0. The van der Waals surface area contributed by atoms with Crippen LogP contribution in [0.15, 0.2) is 18.3 Å². The number of carbonyl (C=O) groups excluding carboxylic acids is 1. The first-order valence-corrected chi connectivity index (χ1v) is 6.26. The van der Waals surface area contributed by atoms with E-state index < -0.39 is 5.82 Å². The Morgan fingerprint density at radius 3 is 3.20 bits per heavy atom. The smallest absolute Gasteiger partial charge is 0.231 e. The Kier molecular flexibility index (Phi) is 3.42. The quantitative estimate of drug-likeness (QED) is 0.882. The normalized spacial score (nSPS) is 13.8. The van der Waals surface area contributed by atoms with Gasteiger partial charge in [-0.2, -0.15) is 5.10 Å². The van der Waals surface area contributed by atoms with Gasteiger partial charge in [-0.05, 0) is 12.1 Å². The summed E-state index contributed by atoms with van der Waals surface area (Å²) in [5, 5.41) is 9.69. The van der Waals surface area contributed by atoms with Gasteiger partial charge >= 0.3 is 0 Å². The number of H-pyrrole nitrogens is 1. The second-order valence-electron chi connectivity index (χ2n) is 4.52. The number of pyridine rings is 1. The summed E-state index contributed by atoms with van der Waals surface area (Å²) in [5.41, 5.74) is 2.38. The van der Waals surface area contributed by atoms with Crippen LogP contribution >= 0.6 is 0 Å². The highest BCUT2D eigenvalue weighted by Gasteiger charge is 2.18. The van der Waals surface area contributed by atoms with Crippen LogP contribution in [-0.2, 0) is 29.0 Å². The number of nitrogens with zero attached hydrogens (tertiary/aromatic N) is 2. The summed E-state index contributed by atoms with van der Waals surface area (Å²) in [4.78, 5) is 15.8. The first-order valence-electron chi connectivity index (χ1n) is 6.26. The van der Waals surface area contributed by atoms with Crippen molar-refractivity contribution in [2.75, 3.05) is 11.9 Å². The molecule has 2 aromatic rings. The summed E-state index contributed by atoms with van der Waals surface area (Å²) in [6, 6.07) is 2.76. The molecule has 3 rings (SSSR count). The lowest BCUT2D eigenvalue weighted by molar-refractivity contribution is -0.115. The van der Waals surface area contributed by atoms with E-state index in [1.54, 1.807) is 0 Å². The lowest BCUT2D eigenvalue weighted by atomic mass is 10.1. The van der Waals surface area contributed by atoms with Gasteiger partial charge in [-0.1, -0.05) is 0 Å². The molecule has 0 unspecified atom stereocenters. The second-order valence-corrected chi connectivity index (χ2v) is 4.52. The van der Waals surface area contributed by atoms with Crippen molar-refractivity contribution >= 4 is 11.7 Å². The molecular formula is C13H13FN4O2. The van der Waals surface area contributed by atoms with Crippen molar-refractivity contribution < 1.29 is 13.9 Å². The van der Waals surface area contributed by atoms with Crippen LogP contribution in [0.1, 0.15) is 17.0 Å². The topological polar surface area (TPSA) is 79.9 Å². The van der Waals surface area contributed by atoms with Gasteiger partial charge in [0.25, 0.3) is 0 Å². The number of aromatic amines is 1. The average Bonchev–Trinajstić information content (AvgIpc) is 2.85. The molecule has 0 atom stereocenters. The molecule has 0 saturated carbocycles. The Morgan fingerprint density at radius 2 is 2.40 bits per heavy atom. The van der Waals surface area contributed by atoms with Gasteiger partial charge in [-0.15, -0.1) is 0 Å². The van der Waals surface area contributed by atoms with Crippen LogP contribution in [0.25, 0.3) is 0 Å².